The predicted octanol–water partition coefficient (Wildman–Crippen LogP) is -1.83. The van der Waals surface area contributed by atoms with Gasteiger partial charge in [-0.3, -0.25) is 0 Å². The Morgan fingerprint density at radius 3 is 2.73 bits per heavy atom. The predicted molar refractivity (Wildman–Crippen MR) is 32.4 cm³/mol. The van der Waals surface area contributed by atoms with Gasteiger partial charge >= 0.3 is 0 Å². The van der Waals surface area contributed by atoms with Gasteiger partial charge in [-0.1, -0.05) is 0 Å². The van der Waals surface area contributed by atoms with Gasteiger partial charge in [0.15, 0.2) is 12.1 Å². The normalized spacial score (nSPS) is 56.5. The molecule has 5 nitrogen and oxygen atoms in total. The molecule has 0 spiro atoms. The van der Waals surface area contributed by atoms with E-state index >= 15 is 0 Å². The van der Waals surface area contributed by atoms with Crippen LogP contribution in [-0.2, 0) is 9.47 Å². The molecular weight excluding hydrogens is 152 g/mol. The van der Waals surface area contributed by atoms with Crippen LogP contribution in [0.1, 0.15) is 6.42 Å². The number of fused-ring (bicyclic) bond motifs is 1. The first-order valence-corrected chi connectivity index (χ1v) is 3.50. The van der Waals surface area contributed by atoms with E-state index in [1.807, 2.05) is 0 Å². The number of hydrogen-bond donors (Lipinski definition) is 3. The van der Waals surface area contributed by atoms with E-state index in [2.05, 4.69) is 0 Å². The van der Waals surface area contributed by atoms with Crippen LogP contribution in [0.2, 0.25) is 0 Å². The molecule has 0 aromatic carbocycles. The van der Waals surface area contributed by atoms with E-state index in [4.69, 9.17) is 19.7 Å². The summed E-state index contributed by atoms with van der Waals surface area (Å²) in [5.74, 6) is -1.47. The van der Waals surface area contributed by atoms with Gasteiger partial charge in [0.25, 0.3) is 0 Å². The van der Waals surface area contributed by atoms with Crippen molar-refractivity contribution in [3.63, 3.8) is 0 Å². The van der Waals surface area contributed by atoms with Crippen molar-refractivity contribution in [2.45, 2.75) is 30.7 Å². The van der Waals surface area contributed by atoms with Gasteiger partial charge in [0, 0.05) is 0 Å². The minimum absolute atomic E-state index is 0.00866. The fourth-order valence-corrected chi connectivity index (χ4v) is 1.54. The molecule has 2 rings (SSSR count). The third kappa shape index (κ3) is 0.969. The lowest BCUT2D eigenvalue weighted by Gasteiger charge is -2.18. The van der Waals surface area contributed by atoms with Gasteiger partial charge in [-0.25, -0.2) is 0 Å². The van der Waals surface area contributed by atoms with Crippen LogP contribution in [0.15, 0.2) is 0 Å². The van der Waals surface area contributed by atoms with Gasteiger partial charge in [-0.2, -0.15) is 0 Å². The smallest absolute Gasteiger partial charge is 0.200 e. The average Bonchev–Trinajstić information content (AvgIpc) is 2.32. The van der Waals surface area contributed by atoms with Crippen molar-refractivity contribution in [3.8, 4) is 0 Å². The molecule has 2 unspecified atom stereocenters. The minimum Gasteiger partial charge on any atom is -0.388 e. The van der Waals surface area contributed by atoms with Crippen molar-refractivity contribution in [2.24, 2.45) is 0 Å². The fourth-order valence-electron chi connectivity index (χ4n) is 1.54. The molecule has 2 fully saturated rings. The second-order valence-corrected chi connectivity index (χ2v) is 2.94. The Morgan fingerprint density at radius 2 is 2.09 bits per heavy atom. The van der Waals surface area contributed by atoms with Crippen molar-refractivity contribution in [3.05, 3.63) is 0 Å². The molecule has 4 atom stereocenters. The molecule has 0 aromatic heterocycles. The van der Waals surface area contributed by atoms with E-state index in [0.29, 0.717) is 0 Å². The lowest BCUT2D eigenvalue weighted by atomic mass is 10.1. The van der Waals surface area contributed by atoms with E-state index in [1.165, 1.54) is 0 Å². The molecule has 64 valence electrons. The molecule has 2 saturated heterocycles. The maximum atomic E-state index is 9.50. The minimum atomic E-state index is -1.47. The summed E-state index contributed by atoms with van der Waals surface area (Å²) in [6.07, 6.45) is -2.65. The summed E-state index contributed by atoms with van der Waals surface area (Å²) in [7, 11) is 0. The van der Waals surface area contributed by atoms with Crippen LogP contribution in [-0.4, -0.2) is 46.2 Å². The Labute approximate surface area is 63.2 Å². The van der Waals surface area contributed by atoms with E-state index in [0.717, 1.165) is 0 Å². The summed E-state index contributed by atoms with van der Waals surface area (Å²) in [4.78, 5) is 0. The lowest BCUT2D eigenvalue weighted by Crippen LogP contribution is -2.38. The van der Waals surface area contributed by atoms with E-state index < -0.39 is 24.3 Å². The molecule has 2 aliphatic rings. The van der Waals surface area contributed by atoms with Gasteiger partial charge in [0.05, 0.1) is 13.0 Å². The quantitative estimate of drug-likeness (QED) is 0.390. The summed E-state index contributed by atoms with van der Waals surface area (Å²) in [6, 6.07) is 0. The van der Waals surface area contributed by atoms with Crippen molar-refractivity contribution < 1.29 is 24.8 Å². The number of aliphatic hydroxyl groups is 3. The molecule has 0 bridgehead atoms. The van der Waals surface area contributed by atoms with Gasteiger partial charge in [-0.15, -0.1) is 0 Å². The van der Waals surface area contributed by atoms with Crippen molar-refractivity contribution in [1.82, 2.24) is 0 Å². The molecule has 0 radical (unpaired) electrons. The first-order valence-electron chi connectivity index (χ1n) is 3.50. The SMILES string of the molecule is OC1C[C@@]2(O)OC[C@H](O)C2O1. The zero-order chi connectivity index (χ0) is 8.06. The summed E-state index contributed by atoms with van der Waals surface area (Å²) in [5.41, 5.74) is 0. The maximum absolute atomic E-state index is 9.50. The Bertz CT molecular complexity index is 172. The summed E-state index contributed by atoms with van der Waals surface area (Å²) in [5, 5.41) is 27.6. The molecule has 3 N–H and O–H groups in total. The van der Waals surface area contributed by atoms with Crippen molar-refractivity contribution in [1.29, 1.82) is 0 Å². The third-order valence-electron chi connectivity index (χ3n) is 2.07. The van der Waals surface area contributed by atoms with Gasteiger partial charge < -0.3 is 24.8 Å². The molecule has 5 heteroatoms. The molecule has 0 saturated carbocycles. The van der Waals surface area contributed by atoms with Crippen LogP contribution >= 0.6 is 0 Å². The number of aliphatic hydroxyl groups excluding tert-OH is 2. The van der Waals surface area contributed by atoms with Gasteiger partial charge in [0.1, 0.15) is 12.2 Å². The Morgan fingerprint density at radius 1 is 1.36 bits per heavy atom. The molecule has 0 aromatic rings. The maximum Gasteiger partial charge on any atom is 0.200 e. The molecule has 11 heavy (non-hydrogen) atoms. The van der Waals surface area contributed by atoms with Crippen LogP contribution < -0.4 is 0 Å². The first-order chi connectivity index (χ1) is 5.12. The van der Waals surface area contributed by atoms with Crippen molar-refractivity contribution >= 4 is 0 Å². The standard InChI is InChI=1S/C6H10O5/c7-3-2-10-6(9)1-4(8)11-5(3)6/h3-5,7-9H,1-2H2/t3-,4?,5?,6+/m0/s1. The lowest BCUT2D eigenvalue weighted by molar-refractivity contribution is -0.186. The number of ether oxygens (including phenoxy) is 2. The van der Waals surface area contributed by atoms with E-state index in [1.54, 1.807) is 0 Å². The zero-order valence-corrected chi connectivity index (χ0v) is 5.80. The van der Waals surface area contributed by atoms with Crippen LogP contribution in [0.5, 0.6) is 0 Å². The highest BCUT2D eigenvalue weighted by molar-refractivity contribution is 4.95. The largest absolute Gasteiger partial charge is 0.388 e. The molecule has 2 heterocycles. The second kappa shape index (κ2) is 2.15. The van der Waals surface area contributed by atoms with Crippen LogP contribution in [0.3, 0.4) is 0 Å². The topological polar surface area (TPSA) is 79.2 Å². The number of hydrogen-bond acceptors (Lipinski definition) is 5. The van der Waals surface area contributed by atoms with E-state index in [-0.39, 0.29) is 13.0 Å². The third-order valence-corrected chi connectivity index (χ3v) is 2.07. The van der Waals surface area contributed by atoms with Crippen molar-refractivity contribution in [2.75, 3.05) is 6.61 Å². The highest BCUT2D eigenvalue weighted by Gasteiger charge is 2.56. The zero-order valence-electron chi connectivity index (χ0n) is 5.80. The average molecular weight is 162 g/mol. The van der Waals surface area contributed by atoms with Gasteiger partial charge in [-0.05, 0) is 0 Å². The summed E-state index contributed by atoms with van der Waals surface area (Å²) in [6.45, 7) is 0.0634. The first kappa shape index (κ1) is 7.45. The fraction of sp³-hybridized carbons (Fsp3) is 1.00. The van der Waals surface area contributed by atoms with E-state index in [9.17, 15) is 5.11 Å². The summed E-state index contributed by atoms with van der Waals surface area (Å²) < 4.78 is 9.70. The molecular formula is C6H10O5. The molecule has 0 amide bonds. The van der Waals surface area contributed by atoms with Gasteiger partial charge in [0.2, 0.25) is 0 Å². The number of rotatable bonds is 0. The van der Waals surface area contributed by atoms with Crippen LogP contribution in [0.25, 0.3) is 0 Å². The highest BCUT2D eigenvalue weighted by Crippen LogP contribution is 2.37. The Hall–Kier alpha value is -0.200. The van der Waals surface area contributed by atoms with Crippen LogP contribution in [0, 0.1) is 0 Å². The van der Waals surface area contributed by atoms with Crippen LogP contribution in [0.4, 0.5) is 0 Å². The Kier molecular flexibility index (Phi) is 1.45. The Balaban J connectivity index is 2.18. The summed E-state index contributed by atoms with van der Waals surface area (Å²) >= 11 is 0. The molecule has 0 aliphatic carbocycles. The second-order valence-electron chi connectivity index (χ2n) is 2.94. The monoisotopic (exact) mass is 162 g/mol. The molecule has 2 aliphatic heterocycles. The highest BCUT2D eigenvalue weighted by atomic mass is 16.7.